The van der Waals surface area contributed by atoms with Crippen LogP contribution in [0.15, 0.2) is 5.38 Å². The van der Waals surface area contributed by atoms with Crippen molar-refractivity contribution in [1.82, 2.24) is 5.32 Å². The fourth-order valence-corrected chi connectivity index (χ4v) is 3.19. The quantitative estimate of drug-likeness (QED) is 0.786. The molecular formula is C12H17NO2S. The van der Waals surface area contributed by atoms with Gasteiger partial charge >= 0.3 is 0 Å². The zero-order valence-electron chi connectivity index (χ0n) is 9.29. The van der Waals surface area contributed by atoms with E-state index in [-0.39, 0.29) is 12.5 Å². The number of fused-ring (bicyclic) bond motifs is 1. The summed E-state index contributed by atoms with van der Waals surface area (Å²) in [4.78, 5) is 13.3. The average molecular weight is 239 g/mol. The number of carbonyl (C=O) groups excluding carboxylic acids is 1. The van der Waals surface area contributed by atoms with Crippen molar-refractivity contribution in [2.45, 2.75) is 32.1 Å². The summed E-state index contributed by atoms with van der Waals surface area (Å²) in [5, 5.41) is 13.5. The molecule has 0 atom stereocenters. The first kappa shape index (κ1) is 11.6. The number of thiophene rings is 1. The Morgan fingerprint density at radius 1 is 1.44 bits per heavy atom. The van der Waals surface area contributed by atoms with Gasteiger partial charge < -0.3 is 10.4 Å². The first-order valence-corrected chi connectivity index (χ1v) is 6.69. The molecule has 0 spiro atoms. The van der Waals surface area contributed by atoms with Crippen LogP contribution in [0.3, 0.4) is 0 Å². The number of hydrogen-bond donors (Lipinski definition) is 2. The topological polar surface area (TPSA) is 49.3 Å². The van der Waals surface area contributed by atoms with E-state index in [9.17, 15) is 4.79 Å². The first-order chi connectivity index (χ1) is 7.83. The highest BCUT2D eigenvalue weighted by Gasteiger charge is 2.19. The van der Waals surface area contributed by atoms with Crippen molar-refractivity contribution in [2.24, 2.45) is 0 Å². The van der Waals surface area contributed by atoms with Crippen molar-refractivity contribution in [3.63, 3.8) is 0 Å². The molecule has 1 aromatic heterocycles. The average Bonchev–Trinajstić information content (AvgIpc) is 2.73. The molecule has 0 unspecified atom stereocenters. The predicted molar refractivity (Wildman–Crippen MR) is 65.0 cm³/mol. The lowest BCUT2D eigenvalue weighted by molar-refractivity contribution is 0.0950. The van der Waals surface area contributed by atoms with Crippen LogP contribution in [0.5, 0.6) is 0 Å². The van der Waals surface area contributed by atoms with Gasteiger partial charge in [0, 0.05) is 23.4 Å². The number of aryl methyl sites for hydroxylation is 1. The molecule has 0 bridgehead atoms. The molecule has 0 radical (unpaired) electrons. The van der Waals surface area contributed by atoms with Crippen LogP contribution in [-0.4, -0.2) is 24.2 Å². The van der Waals surface area contributed by atoms with Crippen molar-refractivity contribution >= 4 is 17.2 Å². The molecule has 0 aliphatic heterocycles. The molecule has 2 N–H and O–H groups in total. The van der Waals surface area contributed by atoms with Crippen molar-refractivity contribution in [1.29, 1.82) is 0 Å². The Bertz CT molecular complexity index is 373. The van der Waals surface area contributed by atoms with Crippen LogP contribution in [0.1, 0.15) is 40.1 Å². The van der Waals surface area contributed by atoms with Crippen LogP contribution in [-0.2, 0) is 12.8 Å². The van der Waals surface area contributed by atoms with E-state index in [4.69, 9.17) is 5.11 Å². The summed E-state index contributed by atoms with van der Waals surface area (Å²) in [5.74, 6) is 0.0212. The minimum absolute atomic E-state index is 0.0212. The van der Waals surface area contributed by atoms with Crippen LogP contribution in [0, 0.1) is 0 Å². The molecule has 16 heavy (non-hydrogen) atoms. The maximum Gasteiger partial charge on any atom is 0.252 e. The highest BCUT2D eigenvalue weighted by molar-refractivity contribution is 7.10. The van der Waals surface area contributed by atoms with Gasteiger partial charge in [-0.05, 0) is 37.7 Å². The van der Waals surface area contributed by atoms with Crippen molar-refractivity contribution in [3.05, 3.63) is 21.4 Å². The highest BCUT2D eigenvalue weighted by atomic mass is 32.1. The minimum Gasteiger partial charge on any atom is -0.396 e. The Balaban J connectivity index is 2.03. The van der Waals surface area contributed by atoms with Gasteiger partial charge in [-0.15, -0.1) is 11.3 Å². The van der Waals surface area contributed by atoms with Gasteiger partial charge in [-0.3, -0.25) is 4.79 Å². The molecule has 0 saturated heterocycles. The molecular weight excluding hydrogens is 222 g/mol. The van der Waals surface area contributed by atoms with Gasteiger partial charge in [-0.25, -0.2) is 0 Å². The first-order valence-electron chi connectivity index (χ1n) is 5.81. The van der Waals surface area contributed by atoms with Gasteiger partial charge in [-0.1, -0.05) is 0 Å². The number of nitrogens with one attached hydrogen (secondary N) is 1. The molecule has 0 saturated carbocycles. The number of aliphatic hydroxyl groups is 1. The zero-order chi connectivity index (χ0) is 11.4. The Morgan fingerprint density at radius 3 is 3.06 bits per heavy atom. The molecule has 0 fully saturated rings. The smallest absolute Gasteiger partial charge is 0.252 e. The van der Waals surface area contributed by atoms with Gasteiger partial charge in [-0.2, -0.15) is 0 Å². The Kier molecular flexibility index (Phi) is 3.96. The monoisotopic (exact) mass is 239 g/mol. The summed E-state index contributed by atoms with van der Waals surface area (Å²) >= 11 is 1.71. The van der Waals surface area contributed by atoms with E-state index in [1.54, 1.807) is 11.3 Å². The van der Waals surface area contributed by atoms with E-state index in [0.29, 0.717) is 13.0 Å². The number of rotatable bonds is 4. The van der Waals surface area contributed by atoms with E-state index in [0.717, 1.165) is 18.4 Å². The molecule has 1 aliphatic carbocycles. The third kappa shape index (κ3) is 2.44. The fraction of sp³-hybridized carbons (Fsp3) is 0.583. The van der Waals surface area contributed by atoms with Gasteiger partial charge in [0.15, 0.2) is 0 Å². The third-order valence-corrected chi connectivity index (χ3v) is 4.02. The molecule has 88 valence electrons. The second-order valence-electron chi connectivity index (χ2n) is 4.09. The lowest BCUT2D eigenvalue weighted by Crippen LogP contribution is -2.25. The van der Waals surface area contributed by atoms with Gasteiger partial charge in [0.1, 0.15) is 0 Å². The third-order valence-electron chi connectivity index (χ3n) is 2.93. The van der Waals surface area contributed by atoms with E-state index in [1.165, 1.54) is 23.3 Å². The molecule has 1 aliphatic rings. The standard InChI is InChI=1S/C12H17NO2S/c14-7-3-6-13-12(15)10-8-16-11-5-2-1-4-9(10)11/h8,14H,1-7H2,(H,13,15). The van der Waals surface area contributed by atoms with Crippen molar-refractivity contribution in [3.8, 4) is 0 Å². The SMILES string of the molecule is O=C(NCCCO)c1csc2c1CCCC2. The largest absolute Gasteiger partial charge is 0.396 e. The lowest BCUT2D eigenvalue weighted by Gasteiger charge is -2.12. The normalized spacial score (nSPS) is 14.6. The maximum atomic E-state index is 11.9. The molecule has 0 aromatic carbocycles. The summed E-state index contributed by atoms with van der Waals surface area (Å²) in [5.41, 5.74) is 2.12. The zero-order valence-corrected chi connectivity index (χ0v) is 10.1. The number of aliphatic hydroxyl groups excluding tert-OH is 1. The van der Waals surface area contributed by atoms with Crippen LogP contribution in [0.4, 0.5) is 0 Å². The number of hydrogen-bond acceptors (Lipinski definition) is 3. The van der Waals surface area contributed by atoms with Gasteiger partial charge in [0.25, 0.3) is 5.91 Å². The summed E-state index contributed by atoms with van der Waals surface area (Å²) in [6.45, 7) is 0.683. The molecule has 3 nitrogen and oxygen atoms in total. The van der Waals surface area contributed by atoms with Crippen molar-refractivity contribution < 1.29 is 9.90 Å². The molecule has 1 heterocycles. The second kappa shape index (κ2) is 5.46. The maximum absolute atomic E-state index is 11.9. The Morgan fingerprint density at radius 2 is 2.25 bits per heavy atom. The number of carbonyl (C=O) groups is 1. The number of amides is 1. The van der Waals surface area contributed by atoms with Crippen LogP contribution in [0.2, 0.25) is 0 Å². The minimum atomic E-state index is 0.0212. The summed E-state index contributed by atoms with van der Waals surface area (Å²) in [7, 11) is 0. The second-order valence-corrected chi connectivity index (χ2v) is 5.06. The molecule has 1 aromatic rings. The van der Waals surface area contributed by atoms with Crippen LogP contribution < -0.4 is 5.32 Å². The van der Waals surface area contributed by atoms with Crippen LogP contribution >= 0.6 is 11.3 Å². The van der Waals surface area contributed by atoms with Crippen LogP contribution in [0.25, 0.3) is 0 Å². The predicted octanol–water partition coefficient (Wildman–Crippen LogP) is 1.74. The van der Waals surface area contributed by atoms with E-state index >= 15 is 0 Å². The Labute approximate surface area is 99.5 Å². The molecule has 1 amide bonds. The fourth-order valence-electron chi connectivity index (χ4n) is 2.06. The molecule has 4 heteroatoms. The molecule has 2 rings (SSSR count). The van der Waals surface area contributed by atoms with Gasteiger partial charge in [0.05, 0.1) is 5.56 Å². The van der Waals surface area contributed by atoms with E-state index < -0.39 is 0 Å². The summed E-state index contributed by atoms with van der Waals surface area (Å²) in [6.07, 6.45) is 5.24. The lowest BCUT2D eigenvalue weighted by atomic mass is 9.96. The van der Waals surface area contributed by atoms with Crippen molar-refractivity contribution in [2.75, 3.05) is 13.2 Å². The summed E-state index contributed by atoms with van der Waals surface area (Å²) in [6, 6.07) is 0. The highest BCUT2D eigenvalue weighted by Crippen LogP contribution is 2.29. The Hall–Kier alpha value is -0.870. The van der Waals surface area contributed by atoms with Gasteiger partial charge in [0.2, 0.25) is 0 Å². The summed E-state index contributed by atoms with van der Waals surface area (Å²) < 4.78 is 0. The van der Waals surface area contributed by atoms with E-state index in [2.05, 4.69) is 5.32 Å². The van der Waals surface area contributed by atoms with E-state index in [1.807, 2.05) is 5.38 Å².